The Balaban J connectivity index is 1.68. The molecule has 0 radical (unpaired) electrons. The molecule has 4 nitrogen and oxygen atoms in total. The van der Waals surface area contributed by atoms with Crippen LogP contribution in [0.2, 0.25) is 0 Å². The van der Waals surface area contributed by atoms with Crippen LogP contribution in [0.15, 0.2) is 48.7 Å². The molecule has 1 saturated carbocycles. The number of benzene rings is 2. The van der Waals surface area contributed by atoms with Crippen molar-refractivity contribution in [2.45, 2.75) is 44.9 Å². The van der Waals surface area contributed by atoms with Crippen LogP contribution in [0.4, 0.5) is 0 Å². The largest absolute Gasteiger partial charge is 0.481 e. The fraction of sp³-hybridized carbons (Fsp3) is 0.333. The Labute approximate surface area is 164 Å². The van der Waals surface area contributed by atoms with E-state index in [0.717, 1.165) is 40.4 Å². The van der Waals surface area contributed by atoms with Crippen molar-refractivity contribution < 1.29 is 14.7 Å². The van der Waals surface area contributed by atoms with Crippen LogP contribution in [0.25, 0.3) is 22.0 Å². The van der Waals surface area contributed by atoms with E-state index in [9.17, 15) is 14.7 Å². The summed E-state index contributed by atoms with van der Waals surface area (Å²) in [7, 11) is 0. The number of ketones is 1. The molecule has 1 aromatic heterocycles. The molecule has 1 heterocycles. The maximum Gasteiger partial charge on any atom is 0.311 e. The monoisotopic (exact) mass is 375 g/mol. The summed E-state index contributed by atoms with van der Waals surface area (Å²) in [6.45, 7) is 1.57. The van der Waals surface area contributed by atoms with E-state index in [1.54, 1.807) is 6.92 Å². The summed E-state index contributed by atoms with van der Waals surface area (Å²) in [5.74, 6) is -0.657. The average Bonchev–Trinajstić information content (AvgIpc) is 3.35. The van der Waals surface area contributed by atoms with Crippen molar-refractivity contribution in [3.8, 4) is 11.1 Å². The van der Waals surface area contributed by atoms with Crippen molar-refractivity contribution in [3.05, 3.63) is 59.8 Å². The molecule has 4 rings (SSSR count). The molecule has 0 aliphatic heterocycles. The summed E-state index contributed by atoms with van der Waals surface area (Å²) in [4.78, 5) is 26.9. The zero-order valence-corrected chi connectivity index (χ0v) is 16.1. The van der Waals surface area contributed by atoms with Gasteiger partial charge in [-0.2, -0.15) is 0 Å². The highest BCUT2D eigenvalue weighted by Crippen LogP contribution is 2.37. The van der Waals surface area contributed by atoms with Gasteiger partial charge >= 0.3 is 5.97 Å². The first-order chi connectivity index (χ1) is 13.5. The van der Waals surface area contributed by atoms with E-state index in [0.29, 0.717) is 17.9 Å². The van der Waals surface area contributed by atoms with Crippen molar-refractivity contribution in [2.75, 3.05) is 0 Å². The van der Waals surface area contributed by atoms with Crippen molar-refractivity contribution in [1.82, 2.24) is 4.98 Å². The number of Topliss-reactive ketones (excluding diaryl/α,β-unsaturated/α-hetero) is 1. The number of hydrogen-bond donors (Lipinski definition) is 2. The molecular formula is C24H25NO3. The van der Waals surface area contributed by atoms with E-state index in [4.69, 9.17) is 0 Å². The highest BCUT2D eigenvalue weighted by atomic mass is 16.4. The van der Waals surface area contributed by atoms with Crippen molar-refractivity contribution in [1.29, 1.82) is 0 Å². The molecule has 1 aliphatic rings. The van der Waals surface area contributed by atoms with Gasteiger partial charge in [-0.3, -0.25) is 9.59 Å². The predicted molar refractivity (Wildman–Crippen MR) is 111 cm³/mol. The average molecular weight is 375 g/mol. The molecule has 2 N–H and O–H groups in total. The van der Waals surface area contributed by atoms with E-state index >= 15 is 0 Å². The van der Waals surface area contributed by atoms with Crippen LogP contribution < -0.4 is 0 Å². The number of carbonyl (C=O) groups excluding carboxylic acids is 1. The number of rotatable bonds is 6. The molecule has 28 heavy (non-hydrogen) atoms. The molecule has 1 unspecified atom stereocenters. The number of aliphatic carboxylic acids is 1. The van der Waals surface area contributed by atoms with Crippen molar-refractivity contribution in [2.24, 2.45) is 5.92 Å². The number of carboxylic acid groups (broad SMARTS) is 1. The summed E-state index contributed by atoms with van der Waals surface area (Å²) in [6.07, 6.45) is 7.28. The first-order valence-corrected chi connectivity index (χ1v) is 9.98. The number of carbonyl (C=O) groups is 2. The Hall–Kier alpha value is -2.88. The molecule has 0 saturated heterocycles. The van der Waals surface area contributed by atoms with E-state index in [-0.39, 0.29) is 5.78 Å². The summed E-state index contributed by atoms with van der Waals surface area (Å²) in [5.41, 5.74) is 4.47. The lowest BCUT2D eigenvalue weighted by Gasteiger charge is -2.16. The predicted octanol–water partition coefficient (Wildman–Crippen LogP) is 5.79. The van der Waals surface area contributed by atoms with Crippen LogP contribution in [0.5, 0.6) is 0 Å². The van der Waals surface area contributed by atoms with Crippen LogP contribution in [-0.4, -0.2) is 21.8 Å². The molecule has 1 aliphatic carbocycles. The SMILES string of the molecule is CC(=O)c1cccc(-c2ccc3c(C(CC4CCCC4)C(=O)O)c[nH]c3c2)c1. The zero-order chi connectivity index (χ0) is 19.7. The first-order valence-electron chi connectivity index (χ1n) is 9.98. The normalized spacial score (nSPS) is 15.8. The van der Waals surface area contributed by atoms with Gasteiger partial charge in [-0.25, -0.2) is 0 Å². The molecule has 144 valence electrons. The number of hydrogen-bond acceptors (Lipinski definition) is 2. The van der Waals surface area contributed by atoms with E-state index in [1.807, 2.05) is 48.7 Å². The standard InChI is InChI=1S/C24H25NO3/c1-15(26)17-7-4-8-18(12-17)19-9-10-20-22(14-25-23(20)13-19)21(24(27)28)11-16-5-2-3-6-16/h4,7-10,12-14,16,21,25H,2-3,5-6,11H2,1H3,(H,27,28). The third-order valence-electron chi connectivity index (χ3n) is 6.03. The first kappa shape index (κ1) is 18.5. The number of aromatic nitrogens is 1. The molecule has 4 heteroatoms. The van der Waals surface area contributed by atoms with Crippen LogP contribution in [0, 0.1) is 5.92 Å². The summed E-state index contributed by atoms with van der Waals surface area (Å²) in [6, 6.07) is 13.6. The second-order valence-electron chi connectivity index (χ2n) is 7.92. The zero-order valence-electron chi connectivity index (χ0n) is 16.1. The maximum absolute atomic E-state index is 12.0. The maximum atomic E-state index is 12.0. The van der Waals surface area contributed by atoms with Crippen molar-refractivity contribution >= 4 is 22.7 Å². The van der Waals surface area contributed by atoms with E-state index < -0.39 is 11.9 Å². The summed E-state index contributed by atoms with van der Waals surface area (Å²) in [5, 5.41) is 10.8. The fourth-order valence-corrected chi connectivity index (χ4v) is 4.47. The Morgan fingerprint density at radius 3 is 2.57 bits per heavy atom. The van der Waals surface area contributed by atoms with Gasteiger partial charge in [0, 0.05) is 22.7 Å². The van der Waals surface area contributed by atoms with Crippen molar-refractivity contribution in [3.63, 3.8) is 0 Å². The van der Waals surface area contributed by atoms with Gasteiger partial charge in [-0.15, -0.1) is 0 Å². The molecule has 3 aromatic rings. The van der Waals surface area contributed by atoms with Gasteiger partial charge < -0.3 is 10.1 Å². The topological polar surface area (TPSA) is 70.2 Å². The molecule has 1 atom stereocenters. The minimum absolute atomic E-state index is 0.0429. The third kappa shape index (κ3) is 3.59. The molecule has 0 amide bonds. The number of aromatic amines is 1. The van der Waals surface area contributed by atoms with E-state index in [1.165, 1.54) is 12.8 Å². The minimum Gasteiger partial charge on any atom is -0.481 e. The van der Waals surface area contributed by atoms with Crippen LogP contribution in [0.1, 0.15) is 60.9 Å². The number of fused-ring (bicyclic) bond motifs is 1. The lowest BCUT2D eigenvalue weighted by molar-refractivity contribution is -0.139. The molecule has 1 fully saturated rings. The Morgan fingerprint density at radius 2 is 1.86 bits per heavy atom. The lowest BCUT2D eigenvalue weighted by Crippen LogP contribution is -2.14. The van der Waals surface area contributed by atoms with Crippen LogP contribution >= 0.6 is 0 Å². The Bertz CT molecular complexity index is 1030. The Morgan fingerprint density at radius 1 is 1.11 bits per heavy atom. The number of nitrogens with one attached hydrogen (secondary N) is 1. The van der Waals surface area contributed by atoms with Gasteiger partial charge in [-0.05, 0) is 48.1 Å². The molecule has 0 bridgehead atoms. The minimum atomic E-state index is -0.744. The van der Waals surface area contributed by atoms with Gasteiger partial charge in [0.1, 0.15) is 0 Å². The molecule has 2 aromatic carbocycles. The van der Waals surface area contributed by atoms with Crippen LogP contribution in [-0.2, 0) is 4.79 Å². The van der Waals surface area contributed by atoms with Gasteiger partial charge in [0.15, 0.2) is 5.78 Å². The fourth-order valence-electron chi connectivity index (χ4n) is 4.47. The van der Waals surface area contributed by atoms with Crippen LogP contribution in [0.3, 0.4) is 0 Å². The molecular weight excluding hydrogens is 350 g/mol. The highest BCUT2D eigenvalue weighted by molar-refractivity contribution is 5.96. The van der Waals surface area contributed by atoms with Gasteiger partial charge in [-0.1, -0.05) is 56.0 Å². The van der Waals surface area contributed by atoms with Gasteiger partial charge in [0.2, 0.25) is 0 Å². The summed E-state index contributed by atoms with van der Waals surface area (Å²) >= 11 is 0. The molecule has 0 spiro atoms. The third-order valence-corrected chi connectivity index (χ3v) is 6.03. The highest BCUT2D eigenvalue weighted by Gasteiger charge is 2.28. The quantitative estimate of drug-likeness (QED) is 0.536. The Kier molecular flexibility index (Phi) is 5.03. The summed E-state index contributed by atoms with van der Waals surface area (Å²) < 4.78 is 0. The van der Waals surface area contributed by atoms with Gasteiger partial charge in [0.25, 0.3) is 0 Å². The smallest absolute Gasteiger partial charge is 0.311 e. The van der Waals surface area contributed by atoms with Gasteiger partial charge in [0.05, 0.1) is 5.92 Å². The second kappa shape index (κ2) is 7.63. The van der Waals surface area contributed by atoms with E-state index in [2.05, 4.69) is 4.98 Å². The lowest BCUT2D eigenvalue weighted by atomic mass is 9.87. The second-order valence-corrected chi connectivity index (χ2v) is 7.92. The number of H-pyrrole nitrogens is 1. The number of carboxylic acids is 1.